The first-order valence-corrected chi connectivity index (χ1v) is 7.18. The monoisotopic (exact) mass is 266 g/mol. The molecule has 98 valence electrons. The lowest BCUT2D eigenvalue weighted by atomic mass is 9.68. The Morgan fingerprint density at radius 1 is 1.44 bits per heavy atom. The van der Waals surface area contributed by atoms with Crippen molar-refractivity contribution in [1.29, 1.82) is 0 Å². The molecule has 1 aromatic carbocycles. The van der Waals surface area contributed by atoms with E-state index in [9.17, 15) is 8.42 Å². The van der Waals surface area contributed by atoms with Gasteiger partial charge in [-0.25, -0.2) is 0 Å². The van der Waals surface area contributed by atoms with Crippen LogP contribution in [0, 0.1) is 5.92 Å². The molecule has 0 aliphatic carbocycles. The number of hydrogen-bond acceptors (Lipinski definition) is 4. The summed E-state index contributed by atoms with van der Waals surface area (Å²) in [6.07, 6.45) is 1.05. The largest absolute Gasteiger partial charge is 0.316 e. The molecule has 1 N–H and O–H groups in total. The van der Waals surface area contributed by atoms with Crippen LogP contribution < -0.4 is 5.32 Å². The molecule has 1 heterocycles. The molecule has 0 bridgehead atoms. The lowest BCUT2D eigenvalue weighted by molar-refractivity contribution is 0.238. The first kappa shape index (κ1) is 13.2. The Morgan fingerprint density at radius 2 is 2.22 bits per heavy atom. The molecule has 18 heavy (non-hydrogen) atoms. The van der Waals surface area contributed by atoms with Crippen molar-refractivity contribution in [2.45, 2.75) is 25.7 Å². The maximum absolute atomic E-state index is 10.6. The number of nitrogens with zero attached hydrogens (tertiary/aromatic N) is 1. The third-order valence-corrected chi connectivity index (χ3v) is 4.40. The zero-order chi connectivity index (χ0) is 13.2. The van der Waals surface area contributed by atoms with E-state index in [0.29, 0.717) is 11.6 Å². The Labute approximate surface area is 109 Å². The zero-order valence-electron chi connectivity index (χ0n) is 10.7. The summed E-state index contributed by atoms with van der Waals surface area (Å²) in [5, 5.41) is 3.38. The highest BCUT2D eigenvalue weighted by atomic mass is 32.2. The molecule has 1 aliphatic rings. The van der Waals surface area contributed by atoms with Crippen molar-refractivity contribution in [3.63, 3.8) is 0 Å². The molecule has 1 aliphatic heterocycles. The first-order valence-electron chi connectivity index (χ1n) is 6.15. The molecule has 0 amide bonds. The SMILES string of the molecule is CC1CNCCC1(C)c1cccc(N=S(=O)=O)c1. The van der Waals surface area contributed by atoms with E-state index in [1.165, 1.54) is 5.56 Å². The minimum absolute atomic E-state index is 0.0845. The van der Waals surface area contributed by atoms with E-state index in [-0.39, 0.29) is 5.41 Å². The fourth-order valence-corrected chi connectivity index (χ4v) is 2.86. The van der Waals surface area contributed by atoms with Crippen molar-refractivity contribution in [2.75, 3.05) is 13.1 Å². The summed E-state index contributed by atoms with van der Waals surface area (Å²) in [6, 6.07) is 7.54. The molecule has 0 saturated carbocycles. The second kappa shape index (κ2) is 5.20. The van der Waals surface area contributed by atoms with Crippen molar-refractivity contribution in [3.05, 3.63) is 29.8 Å². The fraction of sp³-hybridized carbons (Fsp3) is 0.538. The second-order valence-corrected chi connectivity index (χ2v) is 5.75. The average molecular weight is 266 g/mol. The molecule has 0 aromatic heterocycles. The van der Waals surface area contributed by atoms with Crippen LogP contribution in [0.2, 0.25) is 0 Å². The molecule has 0 radical (unpaired) electrons. The van der Waals surface area contributed by atoms with Crippen LogP contribution in [0.1, 0.15) is 25.8 Å². The van der Waals surface area contributed by atoms with Crippen LogP contribution >= 0.6 is 0 Å². The van der Waals surface area contributed by atoms with Gasteiger partial charge in [-0.2, -0.15) is 8.42 Å². The van der Waals surface area contributed by atoms with Crippen LogP contribution in [0.3, 0.4) is 0 Å². The van der Waals surface area contributed by atoms with Crippen LogP contribution in [-0.4, -0.2) is 21.5 Å². The van der Waals surface area contributed by atoms with E-state index in [0.717, 1.165) is 19.5 Å². The molecular weight excluding hydrogens is 248 g/mol. The molecule has 1 aromatic rings. The quantitative estimate of drug-likeness (QED) is 0.893. The number of nitrogens with one attached hydrogen (secondary N) is 1. The topological polar surface area (TPSA) is 58.5 Å². The van der Waals surface area contributed by atoms with Gasteiger partial charge in [-0.05, 0) is 48.5 Å². The van der Waals surface area contributed by atoms with Crippen LogP contribution in [-0.2, 0) is 15.9 Å². The van der Waals surface area contributed by atoms with Gasteiger partial charge in [0.1, 0.15) is 0 Å². The van der Waals surface area contributed by atoms with Crippen molar-refractivity contribution >= 4 is 16.2 Å². The van der Waals surface area contributed by atoms with E-state index >= 15 is 0 Å². The molecule has 2 atom stereocenters. The number of benzene rings is 1. The molecule has 5 heteroatoms. The van der Waals surface area contributed by atoms with Crippen molar-refractivity contribution in [2.24, 2.45) is 10.3 Å². The highest BCUT2D eigenvalue weighted by molar-refractivity contribution is 7.61. The lowest BCUT2D eigenvalue weighted by Gasteiger charge is -2.40. The molecule has 0 spiro atoms. The molecule has 4 nitrogen and oxygen atoms in total. The van der Waals surface area contributed by atoms with Gasteiger partial charge in [0.05, 0.1) is 5.69 Å². The Hall–Kier alpha value is -1.20. The summed E-state index contributed by atoms with van der Waals surface area (Å²) in [4.78, 5) is 0. The Bertz CT molecular complexity index is 560. The molecular formula is C13H18N2O2S. The molecule has 1 saturated heterocycles. The van der Waals surface area contributed by atoms with E-state index in [1.807, 2.05) is 12.1 Å². The van der Waals surface area contributed by atoms with Crippen molar-refractivity contribution < 1.29 is 8.42 Å². The standard InChI is InChI=1S/C13H18N2O2S/c1-10-9-14-7-6-13(10,2)11-4-3-5-12(8-11)15-18(16)17/h3-5,8,10,14H,6-7,9H2,1-2H3. The zero-order valence-corrected chi connectivity index (χ0v) is 11.5. The minimum Gasteiger partial charge on any atom is -0.316 e. The van der Waals surface area contributed by atoms with Crippen LogP contribution in [0.4, 0.5) is 5.69 Å². The number of hydrogen-bond donors (Lipinski definition) is 1. The Balaban J connectivity index is 2.41. The van der Waals surface area contributed by atoms with Gasteiger partial charge in [0.2, 0.25) is 0 Å². The summed E-state index contributed by atoms with van der Waals surface area (Å²) >= 11 is 0. The average Bonchev–Trinajstić information content (AvgIpc) is 2.32. The van der Waals surface area contributed by atoms with Crippen LogP contribution in [0.15, 0.2) is 28.6 Å². The van der Waals surface area contributed by atoms with Crippen LogP contribution in [0.25, 0.3) is 0 Å². The van der Waals surface area contributed by atoms with Gasteiger partial charge >= 0.3 is 10.5 Å². The Kier molecular flexibility index (Phi) is 3.82. The maximum atomic E-state index is 10.6. The van der Waals surface area contributed by atoms with E-state index in [2.05, 4.69) is 29.6 Å². The van der Waals surface area contributed by atoms with Gasteiger partial charge in [-0.3, -0.25) is 0 Å². The summed E-state index contributed by atoms with van der Waals surface area (Å²) in [5.41, 5.74) is 1.76. The first-order chi connectivity index (χ1) is 8.52. The van der Waals surface area contributed by atoms with Crippen molar-refractivity contribution in [3.8, 4) is 0 Å². The maximum Gasteiger partial charge on any atom is 0.316 e. The molecule has 2 rings (SSSR count). The van der Waals surface area contributed by atoms with E-state index in [4.69, 9.17) is 0 Å². The van der Waals surface area contributed by atoms with Gasteiger partial charge in [0, 0.05) is 0 Å². The highest BCUT2D eigenvalue weighted by Gasteiger charge is 2.35. The summed E-state index contributed by atoms with van der Waals surface area (Å²) in [5.74, 6) is 0.513. The Morgan fingerprint density at radius 3 is 2.89 bits per heavy atom. The van der Waals surface area contributed by atoms with Gasteiger partial charge in [-0.1, -0.05) is 26.0 Å². The predicted molar refractivity (Wildman–Crippen MR) is 71.5 cm³/mol. The van der Waals surface area contributed by atoms with E-state index in [1.54, 1.807) is 6.07 Å². The van der Waals surface area contributed by atoms with Gasteiger partial charge in [0.25, 0.3) is 0 Å². The summed E-state index contributed by atoms with van der Waals surface area (Å²) in [6.45, 7) is 6.45. The second-order valence-electron chi connectivity index (χ2n) is 5.13. The molecule has 1 fully saturated rings. The predicted octanol–water partition coefficient (Wildman–Crippen LogP) is 2.27. The number of piperidine rings is 1. The third kappa shape index (κ3) is 2.62. The van der Waals surface area contributed by atoms with Gasteiger partial charge < -0.3 is 5.32 Å². The summed E-state index contributed by atoms with van der Waals surface area (Å²) < 4.78 is 24.8. The highest BCUT2D eigenvalue weighted by Crippen LogP contribution is 2.38. The number of rotatable bonds is 2. The third-order valence-electron chi connectivity index (χ3n) is 4.04. The fourth-order valence-electron chi connectivity index (χ4n) is 2.57. The minimum atomic E-state index is -2.39. The van der Waals surface area contributed by atoms with Gasteiger partial charge in [0.15, 0.2) is 0 Å². The smallest absolute Gasteiger partial charge is 0.316 e. The molecule has 2 unspecified atom stereocenters. The van der Waals surface area contributed by atoms with Crippen molar-refractivity contribution in [1.82, 2.24) is 5.32 Å². The normalized spacial score (nSPS) is 27.8. The summed E-state index contributed by atoms with van der Waals surface area (Å²) in [7, 11) is -2.39. The van der Waals surface area contributed by atoms with E-state index < -0.39 is 10.5 Å². The lowest BCUT2D eigenvalue weighted by Crippen LogP contribution is -2.44. The van der Waals surface area contributed by atoms with Crippen LogP contribution in [0.5, 0.6) is 0 Å². The van der Waals surface area contributed by atoms with Gasteiger partial charge in [-0.15, -0.1) is 4.36 Å².